The summed E-state index contributed by atoms with van der Waals surface area (Å²) in [5.74, 6) is -0.401. The van der Waals surface area contributed by atoms with E-state index in [1.807, 2.05) is 0 Å². The van der Waals surface area contributed by atoms with E-state index in [0.717, 1.165) is 5.56 Å². The Balaban J connectivity index is 2.24. The number of benzene rings is 1. The fourth-order valence-electron chi connectivity index (χ4n) is 2.06. The molecule has 2 N–H and O–H groups in total. The number of halogens is 1. The van der Waals surface area contributed by atoms with E-state index in [4.69, 9.17) is 5.73 Å². The first kappa shape index (κ1) is 11.5. The molecule has 3 nitrogen and oxygen atoms in total. The Bertz CT molecular complexity index is 483. The molecule has 1 aromatic rings. The zero-order chi connectivity index (χ0) is 11.9. The summed E-state index contributed by atoms with van der Waals surface area (Å²) in [6.07, 6.45) is 0. The zero-order valence-electron chi connectivity index (χ0n) is 8.93. The highest BCUT2D eigenvalue weighted by Gasteiger charge is 2.55. The fraction of sp³-hybridized carbons (Fsp3) is 0.455. The van der Waals surface area contributed by atoms with Gasteiger partial charge in [0.05, 0.1) is 5.25 Å². The van der Waals surface area contributed by atoms with Crippen molar-refractivity contribution in [2.75, 3.05) is 5.75 Å². The summed E-state index contributed by atoms with van der Waals surface area (Å²) >= 11 is 0. The number of hydrogen-bond acceptors (Lipinski definition) is 3. The second-order valence-electron chi connectivity index (χ2n) is 4.07. The molecule has 0 bridgehead atoms. The largest absolute Gasteiger partial charge is 0.326 e. The topological polar surface area (TPSA) is 60.2 Å². The summed E-state index contributed by atoms with van der Waals surface area (Å²) in [7, 11) is -3.10. The van der Waals surface area contributed by atoms with Gasteiger partial charge in [0.25, 0.3) is 0 Å². The summed E-state index contributed by atoms with van der Waals surface area (Å²) in [6, 6.07) is 5.51. The molecular formula is C11H14FNO2S. The second-order valence-corrected chi connectivity index (χ2v) is 6.52. The minimum absolute atomic E-state index is 0.100. The Hall–Kier alpha value is -0.940. The second kappa shape index (κ2) is 3.82. The third-order valence-corrected chi connectivity index (χ3v) is 5.32. The van der Waals surface area contributed by atoms with E-state index in [0.29, 0.717) is 0 Å². The maximum atomic E-state index is 12.7. The van der Waals surface area contributed by atoms with Crippen molar-refractivity contribution in [2.24, 2.45) is 5.73 Å². The van der Waals surface area contributed by atoms with E-state index < -0.39 is 15.1 Å². The van der Waals surface area contributed by atoms with Crippen molar-refractivity contribution in [1.29, 1.82) is 0 Å². The summed E-state index contributed by atoms with van der Waals surface area (Å²) in [5, 5.41) is -0.497. The van der Waals surface area contributed by atoms with Gasteiger partial charge in [0.2, 0.25) is 0 Å². The Morgan fingerprint density at radius 2 is 1.88 bits per heavy atom. The minimum atomic E-state index is -3.10. The maximum Gasteiger partial charge on any atom is 0.155 e. The lowest BCUT2D eigenvalue weighted by atomic mass is 10.1. The average molecular weight is 243 g/mol. The van der Waals surface area contributed by atoms with Crippen LogP contribution in [0.3, 0.4) is 0 Å². The van der Waals surface area contributed by atoms with Crippen LogP contribution in [0.5, 0.6) is 0 Å². The summed E-state index contributed by atoms with van der Waals surface area (Å²) in [4.78, 5) is 0. The number of sulfone groups is 1. The molecule has 5 heteroatoms. The predicted octanol–water partition coefficient (Wildman–Crippen LogP) is 1.05. The lowest BCUT2D eigenvalue weighted by molar-refractivity contribution is 0.594. The van der Waals surface area contributed by atoms with Crippen LogP contribution < -0.4 is 5.73 Å². The Morgan fingerprint density at radius 1 is 1.31 bits per heavy atom. The molecule has 0 aliphatic heterocycles. The van der Waals surface area contributed by atoms with Crippen LogP contribution in [0, 0.1) is 5.82 Å². The molecule has 0 saturated heterocycles. The third-order valence-electron chi connectivity index (χ3n) is 3.08. The van der Waals surface area contributed by atoms with Crippen molar-refractivity contribution >= 4 is 9.84 Å². The van der Waals surface area contributed by atoms with E-state index in [-0.39, 0.29) is 23.5 Å². The molecule has 3 atom stereocenters. The summed E-state index contributed by atoms with van der Waals surface area (Å²) in [6.45, 7) is 1.61. The van der Waals surface area contributed by atoms with E-state index in [1.165, 1.54) is 12.1 Å². The molecule has 0 heterocycles. The van der Waals surface area contributed by atoms with Crippen molar-refractivity contribution in [3.8, 4) is 0 Å². The molecule has 0 unspecified atom stereocenters. The molecule has 16 heavy (non-hydrogen) atoms. The van der Waals surface area contributed by atoms with Gasteiger partial charge in [-0.3, -0.25) is 0 Å². The molecule has 0 spiro atoms. The lowest BCUT2D eigenvalue weighted by Crippen LogP contribution is -2.17. The fourth-order valence-corrected chi connectivity index (χ4v) is 3.79. The van der Waals surface area contributed by atoms with Crippen molar-refractivity contribution in [3.05, 3.63) is 35.6 Å². The smallest absolute Gasteiger partial charge is 0.155 e. The van der Waals surface area contributed by atoms with E-state index in [2.05, 4.69) is 0 Å². The molecule has 0 aromatic heterocycles. The molecule has 1 aliphatic rings. The van der Waals surface area contributed by atoms with Crippen LogP contribution in [0.25, 0.3) is 0 Å². The molecule has 0 radical (unpaired) electrons. The van der Waals surface area contributed by atoms with Gasteiger partial charge in [-0.25, -0.2) is 12.8 Å². The molecule has 1 fully saturated rings. The van der Waals surface area contributed by atoms with Gasteiger partial charge >= 0.3 is 0 Å². The van der Waals surface area contributed by atoms with Crippen LogP contribution in [0.15, 0.2) is 24.3 Å². The summed E-state index contributed by atoms with van der Waals surface area (Å²) in [5.41, 5.74) is 6.57. The van der Waals surface area contributed by atoms with E-state index >= 15 is 0 Å². The minimum Gasteiger partial charge on any atom is -0.326 e. The van der Waals surface area contributed by atoms with Crippen LogP contribution in [0.1, 0.15) is 18.4 Å². The molecule has 88 valence electrons. The average Bonchev–Trinajstić information content (AvgIpc) is 2.92. The Kier molecular flexibility index (Phi) is 2.75. The van der Waals surface area contributed by atoms with Gasteiger partial charge in [-0.15, -0.1) is 0 Å². The molecular weight excluding hydrogens is 229 g/mol. The van der Waals surface area contributed by atoms with Crippen molar-refractivity contribution in [2.45, 2.75) is 24.1 Å². The zero-order valence-corrected chi connectivity index (χ0v) is 9.75. The van der Waals surface area contributed by atoms with Crippen LogP contribution in [0.2, 0.25) is 0 Å². The lowest BCUT2D eigenvalue weighted by Gasteiger charge is -2.00. The quantitative estimate of drug-likeness (QED) is 0.863. The van der Waals surface area contributed by atoms with E-state index in [1.54, 1.807) is 19.1 Å². The molecule has 1 aromatic carbocycles. The molecule has 0 amide bonds. The van der Waals surface area contributed by atoms with Gasteiger partial charge in [-0.1, -0.05) is 19.1 Å². The normalized spacial score (nSPS) is 29.1. The van der Waals surface area contributed by atoms with Crippen LogP contribution in [-0.2, 0) is 9.84 Å². The summed E-state index contributed by atoms with van der Waals surface area (Å²) < 4.78 is 36.1. The predicted molar refractivity (Wildman–Crippen MR) is 60.4 cm³/mol. The Morgan fingerprint density at radius 3 is 2.38 bits per heavy atom. The highest BCUT2D eigenvalue weighted by molar-refractivity contribution is 7.92. The molecule has 2 rings (SSSR count). The number of hydrogen-bond donors (Lipinski definition) is 1. The van der Waals surface area contributed by atoms with Gasteiger partial charge < -0.3 is 5.73 Å². The van der Waals surface area contributed by atoms with Crippen LogP contribution in [0.4, 0.5) is 4.39 Å². The highest BCUT2D eigenvalue weighted by Crippen LogP contribution is 2.44. The standard InChI is InChI=1S/C11H14FNO2S/c1-2-16(14,15)11-9(10(11)13)7-3-5-8(12)6-4-7/h3-6,9-11H,2,13H2,1H3/t9-,10+,11+/m1/s1. The Labute approximate surface area is 94.4 Å². The first-order chi connectivity index (χ1) is 7.47. The number of nitrogens with two attached hydrogens (primary N) is 1. The van der Waals surface area contributed by atoms with Gasteiger partial charge in [0.1, 0.15) is 5.82 Å². The SMILES string of the molecule is CCS(=O)(=O)[C@@H]1[C@@H](N)[C@H]1c1ccc(F)cc1. The van der Waals surface area contributed by atoms with Crippen molar-refractivity contribution in [3.63, 3.8) is 0 Å². The van der Waals surface area contributed by atoms with Crippen molar-refractivity contribution < 1.29 is 12.8 Å². The van der Waals surface area contributed by atoms with Gasteiger partial charge in [0, 0.05) is 17.7 Å². The van der Waals surface area contributed by atoms with Crippen molar-refractivity contribution in [1.82, 2.24) is 0 Å². The highest BCUT2D eigenvalue weighted by atomic mass is 32.2. The first-order valence-electron chi connectivity index (χ1n) is 5.20. The van der Waals surface area contributed by atoms with E-state index in [9.17, 15) is 12.8 Å². The number of rotatable bonds is 3. The van der Waals surface area contributed by atoms with Crippen LogP contribution >= 0.6 is 0 Å². The van der Waals surface area contributed by atoms with Gasteiger partial charge in [0.15, 0.2) is 9.84 Å². The van der Waals surface area contributed by atoms with Crippen LogP contribution in [-0.4, -0.2) is 25.5 Å². The maximum absolute atomic E-state index is 12.7. The first-order valence-corrected chi connectivity index (χ1v) is 6.91. The van der Waals surface area contributed by atoms with Gasteiger partial charge in [-0.05, 0) is 17.7 Å². The monoisotopic (exact) mass is 243 g/mol. The van der Waals surface area contributed by atoms with Gasteiger partial charge in [-0.2, -0.15) is 0 Å². The molecule has 1 saturated carbocycles. The third kappa shape index (κ3) is 1.85. The molecule has 1 aliphatic carbocycles.